The van der Waals surface area contributed by atoms with Crippen molar-refractivity contribution in [3.63, 3.8) is 0 Å². The predicted molar refractivity (Wildman–Crippen MR) is 260 cm³/mol. The van der Waals surface area contributed by atoms with E-state index in [9.17, 15) is 20.4 Å². The molecule has 4 nitrogen and oxygen atoms in total. The second kappa shape index (κ2) is 16.5. The molecular weight excluding hydrogens is 773 g/mol. The van der Waals surface area contributed by atoms with Crippen LogP contribution in [-0.4, -0.2) is 20.4 Å². The maximum Gasteiger partial charge on any atom is 0.122 e. The smallest absolute Gasteiger partial charge is 0.122 e. The lowest BCUT2D eigenvalue weighted by molar-refractivity contribution is 0.452. The maximum absolute atomic E-state index is 12.1. The fourth-order valence-corrected chi connectivity index (χ4v) is 9.31. The predicted octanol–water partition coefficient (Wildman–Crippen LogP) is 14.2. The number of hydrogen-bond acceptors (Lipinski definition) is 4. The van der Waals surface area contributed by atoms with Crippen LogP contribution in [0.15, 0.2) is 140 Å². The van der Waals surface area contributed by atoms with Crippen molar-refractivity contribution in [2.24, 2.45) is 0 Å². The van der Waals surface area contributed by atoms with Gasteiger partial charge in [-0.1, -0.05) is 183 Å². The minimum Gasteiger partial charge on any atom is -0.508 e. The highest BCUT2D eigenvalue weighted by molar-refractivity contribution is 5.61. The summed E-state index contributed by atoms with van der Waals surface area (Å²) in [4.78, 5) is 0. The molecule has 0 aromatic heterocycles. The molecule has 0 saturated heterocycles. The lowest BCUT2D eigenvalue weighted by Crippen LogP contribution is -2.23. The third-order valence-electron chi connectivity index (χ3n) is 14.4. The van der Waals surface area contributed by atoms with Crippen molar-refractivity contribution in [3.05, 3.63) is 223 Å². The third-order valence-corrected chi connectivity index (χ3v) is 14.4. The zero-order valence-electron chi connectivity index (χ0n) is 39.1. The van der Waals surface area contributed by atoms with Gasteiger partial charge in [0.05, 0.1) is 0 Å². The van der Waals surface area contributed by atoms with E-state index in [1.54, 1.807) is 12.1 Å². The molecule has 0 heterocycles. The Bertz CT molecular complexity index is 2610. The number of phenolic OH excluding ortho intramolecular Hbond substituents is 4. The first-order chi connectivity index (χ1) is 29.5. The Morgan fingerprint density at radius 2 is 0.603 bits per heavy atom. The lowest BCUT2D eigenvalue weighted by Gasteiger charge is -2.32. The van der Waals surface area contributed by atoms with Crippen molar-refractivity contribution >= 4 is 0 Å². The molecular formula is C59H64O4. The van der Waals surface area contributed by atoms with Gasteiger partial charge in [0.25, 0.3) is 0 Å². The largest absolute Gasteiger partial charge is 0.508 e. The van der Waals surface area contributed by atoms with Gasteiger partial charge in [-0.25, -0.2) is 0 Å². The summed E-state index contributed by atoms with van der Waals surface area (Å²) in [6.07, 6.45) is 0. The summed E-state index contributed by atoms with van der Waals surface area (Å²) in [6.45, 7) is 25.5. The van der Waals surface area contributed by atoms with E-state index in [1.165, 1.54) is 11.1 Å². The highest BCUT2D eigenvalue weighted by Gasteiger charge is 2.33. The monoisotopic (exact) mass is 836 g/mol. The van der Waals surface area contributed by atoms with Gasteiger partial charge >= 0.3 is 0 Å². The van der Waals surface area contributed by atoms with Crippen molar-refractivity contribution in [2.75, 3.05) is 0 Å². The number of rotatable bonds is 11. The third kappa shape index (κ3) is 8.24. The average molecular weight is 837 g/mol. The lowest BCUT2D eigenvalue weighted by atomic mass is 9.72. The summed E-state index contributed by atoms with van der Waals surface area (Å²) < 4.78 is 0. The summed E-state index contributed by atoms with van der Waals surface area (Å²) in [6, 6.07) is 48.0. The molecule has 0 aliphatic heterocycles. The fourth-order valence-electron chi connectivity index (χ4n) is 9.31. The Labute approximate surface area is 375 Å². The Morgan fingerprint density at radius 3 is 0.921 bits per heavy atom. The molecule has 0 radical (unpaired) electrons. The summed E-state index contributed by atoms with van der Waals surface area (Å²) in [7, 11) is 0. The number of hydrogen-bond donors (Lipinski definition) is 4. The van der Waals surface area contributed by atoms with Crippen molar-refractivity contribution in [1.29, 1.82) is 0 Å². The molecule has 0 amide bonds. The van der Waals surface area contributed by atoms with E-state index in [4.69, 9.17) is 0 Å². The quantitative estimate of drug-likeness (QED) is 0.0979. The van der Waals surface area contributed by atoms with Crippen LogP contribution in [0.1, 0.15) is 145 Å². The summed E-state index contributed by atoms with van der Waals surface area (Å²) in [5.41, 5.74) is 13.3. The minimum atomic E-state index is -0.469. The van der Waals surface area contributed by atoms with Gasteiger partial charge in [0.1, 0.15) is 23.0 Å². The molecule has 0 saturated carbocycles. The van der Waals surface area contributed by atoms with E-state index in [1.807, 2.05) is 58.0 Å². The molecule has 0 unspecified atom stereocenters. The van der Waals surface area contributed by atoms with Gasteiger partial charge in [-0.3, -0.25) is 0 Å². The Morgan fingerprint density at radius 1 is 0.317 bits per heavy atom. The van der Waals surface area contributed by atoms with Crippen LogP contribution in [0.4, 0.5) is 0 Å². The molecule has 0 spiro atoms. The van der Waals surface area contributed by atoms with Crippen LogP contribution >= 0.6 is 0 Å². The SMILES string of the molecule is Cc1cc(C(C)(C)c2ccc(C(C)(C)c3cc(C)c(O)c(C(c4ccccc4)c4cc(C(C)(C)c5ccc(C(C)(C)c6ccc(O)c(C)c6)cc5)cc(C)c4O)c3)cc2)ccc1O. The molecule has 0 atom stereocenters. The van der Waals surface area contributed by atoms with Gasteiger partial charge in [-0.2, -0.15) is 0 Å². The van der Waals surface area contributed by atoms with Crippen molar-refractivity contribution < 1.29 is 20.4 Å². The molecule has 0 fully saturated rings. The molecule has 7 aromatic rings. The van der Waals surface area contributed by atoms with Crippen LogP contribution in [0.2, 0.25) is 0 Å². The van der Waals surface area contributed by atoms with E-state index in [0.29, 0.717) is 11.5 Å². The molecule has 4 heteroatoms. The number of phenols is 4. The van der Waals surface area contributed by atoms with E-state index in [2.05, 4.69) is 152 Å². The molecule has 0 aliphatic carbocycles. The molecule has 0 bridgehead atoms. The first kappa shape index (κ1) is 44.8. The van der Waals surface area contributed by atoms with Gasteiger partial charge < -0.3 is 20.4 Å². The fraction of sp³-hybridized carbons (Fsp3) is 0.288. The van der Waals surface area contributed by atoms with Gasteiger partial charge in [-0.15, -0.1) is 0 Å². The first-order valence-electron chi connectivity index (χ1n) is 22.1. The molecule has 63 heavy (non-hydrogen) atoms. The minimum absolute atomic E-state index is 0.216. The summed E-state index contributed by atoms with van der Waals surface area (Å²) >= 11 is 0. The van der Waals surface area contributed by atoms with E-state index in [-0.39, 0.29) is 22.3 Å². The van der Waals surface area contributed by atoms with E-state index < -0.39 is 16.7 Å². The van der Waals surface area contributed by atoms with Crippen LogP contribution in [0, 0.1) is 27.7 Å². The Kier molecular flexibility index (Phi) is 11.7. The summed E-state index contributed by atoms with van der Waals surface area (Å²) in [5, 5.41) is 44.5. The zero-order valence-corrected chi connectivity index (χ0v) is 39.1. The van der Waals surface area contributed by atoms with Crippen LogP contribution < -0.4 is 0 Å². The summed E-state index contributed by atoms with van der Waals surface area (Å²) in [5.74, 6) is 0.567. The topological polar surface area (TPSA) is 80.9 Å². The second-order valence-electron chi connectivity index (χ2n) is 20.0. The van der Waals surface area contributed by atoms with E-state index >= 15 is 0 Å². The zero-order chi connectivity index (χ0) is 45.8. The maximum atomic E-state index is 12.1. The average Bonchev–Trinajstić information content (AvgIpc) is 3.25. The van der Waals surface area contributed by atoms with E-state index in [0.717, 1.165) is 72.3 Å². The van der Waals surface area contributed by atoms with Gasteiger partial charge in [0.2, 0.25) is 0 Å². The van der Waals surface area contributed by atoms with Crippen molar-refractivity contribution in [3.8, 4) is 23.0 Å². The molecule has 4 N–H and O–H groups in total. The van der Waals surface area contributed by atoms with Crippen molar-refractivity contribution in [2.45, 2.75) is 111 Å². The highest BCUT2D eigenvalue weighted by Crippen LogP contribution is 2.48. The second-order valence-corrected chi connectivity index (χ2v) is 20.0. The Balaban J connectivity index is 1.29. The Hall–Kier alpha value is -6.26. The highest BCUT2D eigenvalue weighted by atomic mass is 16.3. The molecule has 324 valence electrons. The van der Waals surface area contributed by atoms with Crippen LogP contribution in [-0.2, 0) is 21.7 Å². The van der Waals surface area contributed by atoms with Gasteiger partial charge in [0, 0.05) is 38.7 Å². The standard InChI is InChI=1S/C59H64O4/c1-36-30-45(26-28-51(36)60)56(5,6)41-18-22-43(23-19-41)58(9,10)47-32-38(3)54(62)49(34-47)53(40-16-14-13-15-17-40)50-35-48(33-39(4)55(50)63)59(11,12)44-24-20-42(21-25-44)57(7,8)46-27-29-52(61)37(2)31-46/h13-35,53,60-63H,1-12H3. The van der Waals surface area contributed by atoms with Crippen LogP contribution in [0.5, 0.6) is 23.0 Å². The van der Waals surface area contributed by atoms with Gasteiger partial charge in [-0.05, 0) is 112 Å². The molecule has 7 aromatic carbocycles. The van der Waals surface area contributed by atoms with Crippen molar-refractivity contribution in [1.82, 2.24) is 0 Å². The number of benzene rings is 7. The van der Waals surface area contributed by atoms with Crippen LogP contribution in [0.25, 0.3) is 0 Å². The molecule has 7 rings (SSSR count). The number of aromatic hydroxyl groups is 4. The van der Waals surface area contributed by atoms with Gasteiger partial charge in [0.15, 0.2) is 0 Å². The molecule has 0 aliphatic rings. The first-order valence-corrected chi connectivity index (χ1v) is 22.1. The normalized spacial score (nSPS) is 12.5. The van der Waals surface area contributed by atoms with Crippen LogP contribution in [0.3, 0.4) is 0 Å². The number of aryl methyl sites for hydroxylation is 4.